The van der Waals surface area contributed by atoms with Gasteiger partial charge < -0.3 is 41.2 Å². The number of ether oxygens (including phenoxy) is 3. The first-order chi connectivity index (χ1) is 29.0. The van der Waals surface area contributed by atoms with Crippen molar-refractivity contribution in [2.75, 3.05) is 70.4 Å². The van der Waals surface area contributed by atoms with Crippen LogP contribution in [0, 0.1) is 17.0 Å². The zero-order valence-corrected chi connectivity index (χ0v) is 35.8. The van der Waals surface area contributed by atoms with Crippen LogP contribution in [-0.2, 0) is 11.3 Å². The van der Waals surface area contributed by atoms with Gasteiger partial charge in [-0.15, -0.1) is 0 Å². The van der Waals surface area contributed by atoms with Crippen molar-refractivity contribution in [3.05, 3.63) is 87.3 Å². The van der Waals surface area contributed by atoms with Crippen molar-refractivity contribution < 1.29 is 38.3 Å². The Balaban J connectivity index is 0.000000866. The summed E-state index contributed by atoms with van der Waals surface area (Å²) >= 11 is 0. The first-order valence-electron chi connectivity index (χ1n) is 19.4. The van der Waals surface area contributed by atoms with Gasteiger partial charge in [-0.3, -0.25) is 34.2 Å². The molecule has 1 aliphatic rings. The SMILES string of the molecule is C=Nc1cc(C(N)=O)cc(OC)c1N(C/C=C/CNc1c(OC/C=C/CN2CCCN2C(=O)OC(C)(C)C)cc(C(N)=O)cc1[N+](=O)[O-])CNC.CCn1nc(C)cc1C=O. The van der Waals surface area contributed by atoms with Crippen LogP contribution < -0.4 is 36.5 Å². The first kappa shape index (κ1) is 48.6. The van der Waals surface area contributed by atoms with E-state index in [0.717, 1.165) is 31.0 Å². The first-order valence-corrected chi connectivity index (χ1v) is 19.4. The van der Waals surface area contributed by atoms with Gasteiger partial charge in [-0.05, 0) is 79.1 Å². The van der Waals surface area contributed by atoms with Gasteiger partial charge in [0, 0.05) is 56.5 Å². The number of nitrogens with one attached hydrogen (secondary N) is 2. The number of benzene rings is 2. The van der Waals surface area contributed by atoms with E-state index in [0.29, 0.717) is 55.7 Å². The minimum Gasteiger partial charge on any atom is -0.494 e. The van der Waals surface area contributed by atoms with Gasteiger partial charge in [0.25, 0.3) is 5.69 Å². The fourth-order valence-electron chi connectivity index (χ4n) is 6.07. The van der Waals surface area contributed by atoms with E-state index in [9.17, 15) is 29.3 Å². The second-order valence-corrected chi connectivity index (χ2v) is 14.4. The minimum atomic E-state index is -0.849. The molecule has 0 saturated carbocycles. The van der Waals surface area contributed by atoms with Crippen LogP contribution in [0.2, 0.25) is 0 Å². The number of hydrogen-bond donors (Lipinski definition) is 4. The summed E-state index contributed by atoms with van der Waals surface area (Å²) in [6.07, 6.45) is 8.31. The maximum atomic E-state index is 12.6. The number of aryl methyl sites for hydroxylation is 2. The summed E-state index contributed by atoms with van der Waals surface area (Å²) < 4.78 is 18.6. The van der Waals surface area contributed by atoms with E-state index in [1.165, 1.54) is 25.3 Å². The van der Waals surface area contributed by atoms with E-state index in [1.54, 1.807) is 35.0 Å². The van der Waals surface area contributed by atoms with Crippen molar-refractivity contribution in [2.45, 2.75) is 53.2 Å². The zero-order valence-electron chi connectivity index (χ0n) is 35.8. The van der Waals surface area contributed by atoms with Gasteiger partial charge in [-0.1, -0.05) is 24.3 Å². The number of hydrogen-bond acceptors (Lipinski definition) is 15. The van der Waals surface area contributed by atoms with E-state index in [2.05, 4.69) is 27.4 Å². The molecule has 6 N–H and O–H groups in total. The molecule has 1 saturated heterocycles. The van der Waals surface area contributed by atoms with Crippen molar-refractivity contribution in [1.29, 1.82) is 0 Å². The number of aromatic nitrogens is 2. The number of nitro groups is 1. The largest absolute Gasteiger partial charge is 0.494 e. The van der Waals surface area contributed by atoms with Gasteiger partial charge in [0.1, 0.15) is 29.3 Å². The molecule has 0 bridgehead atoms. The third-order valence-electron chi connectivity index (χ3n) is 8.75. The highest BCUT2D eigenvalue weighted by atomic mass is 16.6. The highest BCUT2D eigenvalue weighted by Gasteiger charge is 2.30. The Kier molecular flexibility index (Phi) is 18.4. The molecule has 2 heterocycles. The quantitative estimate of drug-likeness (QED) is 0.0303. The molecule has 3 amide bonds. The van der Waals surface area contributed by atoms with Crippen LogP contribution >= 0.6 is 0 Å². The zero-order chi connectivity index (χ0) is 45.3. The summed E-state index contributed by atoms with van der Waals surface area (Å²) in [6, 6.07) is 7.27. The number of carbonyl (C=O) groups excluding carboxylic acids is 4. The molecule has 0 atom stereocenters. The summed E-state index contributed by atoms with van der Waals surface area (Å²) in [4.78, 5) is 64.1. The second kappa shape index (κ2) is 23.1. The van der Waals surface area contributed by atoms with Crippen LogP contribution in [0.15, 0.2) is 59.6 Å². The predicted octanol–water partition coefficient (Wildman–Crippen LogP) is 4.60. The van der Waals surface area contributed by atoms with Crippen molar-refractivity contribution in [3.8, 4) is 11.5 Å². The van der Waals surface area contributed by atoms with E-state index in [-0.39, 0.29) is 41.4 Å². The lowest BCUT2D eigenvalue weighted by atomic mass is 10.1. The van der Waals surface area contributed by atoms with Gasteiger partial charge in [0.15, 0.2) is 17.7 Å². The molecule has 0 aliphatic carbocycles. The number of nitrogens with zero attached hydrogens (tertiary/aromatic N) is 7. The van der Waals surface area contributed by atoms with Gasteiger partial charge in [0.2, 0.25) is 11.8 Å². The maximum Gasteiger partial charge on any atom is 0.424 e. The minimum absolute atomic E-state index is 0.0131. The number of nitrogens with two attached hydrogens (primary N) is 2. The molecule has 2 aromatic carbocycles. The maximum absolute atomic E-state index is 12.6. The van der Waals surface area contributed by atoms with Gasteiger partial charge in [-0.2, -0.15) is 5.10 Å². The number of amides is 3. The Morgan fingerprint density at radius 2 is 1.74 bits per heavy atom. The van der Waals surface area contributed by atoms with E-state index >= 15 is 0 Å². The molecule has 0 radical (unpaired) electrons. The Morgan fingerprint density at radius 3 is 2.31 bits per heavy atom. The van der Waals surface area contributed by atoms with Crippen molar-refractivity contribution in [2.24, 2.45) is 16.5 Å². The second-order valence-electron chi connectivity index (χ2n) is 14.4. The highest BCUT2D eigenvalue weighted by Crippen LogP contribution is 2.39. The average molecular weight is 848 g/mol. The van der Waals surface area contributed by atoms with Gasteiger partial charge >= 0.3 is 6.09 Å². The lowest BCUT2D eigenvalue weighted by Gasteiger charge is -2.29. The molecule has 20 heteroatoms. The summed E-state index contributed by atoms with van der Waals surface area (Å²) in [5, 5.41) is 25.7. The Bertz CT molecular complexity index is 2090. The summed E-state index contributed by atoms with van der Waals surface area (Å²) in [5.41, 5.74) is 12.6. The lowest BCUT2D eigenvalue weighted by Crippen LogP contribution is -2.44. The fraction of sp³-hybridized carbons (Fsp3) is 0.415. The molecule has 1 fully saturated rings. The Morgan fingerprint density at radius 1 is 1.05 bits per heavy atom. The topological polar surface area (TPSA) is 255 Å². The molecule has 1 aromatic heterocycles. The Hall–Kier alpha value is -6.80. The molecule has 1 aliphatic heterocycles. The van der Waals surface area contributed by atoms with E-state index < -0.39 is 28.4 Å². The number of aliphatic imine (C=N–C) groups is 1. The molecule has 0 spiro atoms. The summed E-state index contributed by atoms with van der Waals surface area (Å²) in [5.74, 6) is -1.05. The number of methoxy groups -OCH3 is 1. The van der Waals surface area contributed by atoms with Crippen LogP contribution in [-0.4, -0.2) is 121 Å². The molecular weight excluding hydrogens is 791 g/mol. The van der Waals surface area contributed by atoms with Crippen LogP contribution in [0.3, 0.4) is 0 Å². The van der Waals surface area contributed by atoms with Crippen molar-refractivity contribution in [1.82, 2.24) is 25.1 Å². The molecule has 61 heavy (non-hydrogen) atoms. The summed E-state index contributed by atoms with van der Waals surface area (Å²) in [6.45, 7) is 16.1. The van der Waals surface area contributed by atoms with Crippen LogP contribution in [0.1, 0.15) is 71.0 Å². The van der Waals surface area contributed by atoms with E-state index in [4.69, 9.17) is 25.7 Å². The van der Waals surface area contributed by atoms with E-state index in [1.807, 2.05) is 56.7 Å². The third-order valence-corrected chi connectivity index (χ3v) is 8.75. The number of aldehydes is 1. The fourth-order valence-corrected chi connectivity index (χ4v) is 6.07. The van der Waals surface area contributed by atoms with Crippen LogP contribution in [0.4, 0.5) is 27.5 Å². The van der Waals surface area contributed by atoms with Crippen molar-refractivity contribution in [3.63, 3.8) is 0 Å². The number of nitro benzene ring substituents is 1. The molecule has 20 nitrogen and oxygen atoms in total. The third kappa shape index (κ3) is 14.2. The molecule has 330 valence electrons. The highest BCUT2D eigenvalue weighted by molar-refractivity contribution is 5.97. The monoisotopic (exact) mass is 847 g/mol. The predicted molar refractivity (Wildman–Crippen MR) is 233 cm³/mol. The molecule has 0 unspecified atom stereocenters. The van der Waals surface area contributed by atoms with Crippen LogP contribution in [0.25, 0.3) is 0 Å². The standard InChI is InChI=1S/C34H47N9O8.C7H10N2O/c1-34(2,3)51-33(46)42-16-11-15-41(42)14-9-10-17-50-27-20-24(32(36)45)19-26(43(47)48)29(27)39-12-7-8-13-40(22-37-4)30-25(38-5)18-23(31(35)44)21-28(30)49-6;1-3-9-7(5-10)4-6(2)8-9/h7-10,18-21,37,39H,5,11-17,22H2,1-4,6H3,(H2,35,44)(H2,36,45);4-5H,3H2,1-2H3/b8-7+,10-9+;. The smallest absolute Gasteiger partial charge is 0.424 e. The number of carbonyl (C=O) groups is 4. The number of anilines is 2. The number of hydrazine groups is 1. The molecular formula is C41H57N11O9. The van der Waals surface area contributed by atoms with Gasteiger partial charge in [-0.25, -0.2) is 14.8 Å². The average Bonchev–Trinajstić information content (AvgIpc) is 3.85. The Labute approximate surface area is 355 Å². The lowest BCUT2D eigenvalue weighted by molar-refractivity contribution is -0.384. The van der Waals surface area contributed by atoms with Gasteiger partial charge in [0.05, 0.1) is 30.1 Å². The number of rotatable bonds is 20. The normalized spacial score (nSPS) is 12.8. The molecule has 4 rings (SSSR count). The summed E-state index contributed by atoms with van der Waals surface area (Å²) in [7, 11) is 3.23. The molecule has 3 aromatic rings. The van der Waals surface area contributed by atoms with Crippen LogP contribution in [0.5, 0.6) is 11.5 Å². The number of primary amides is 2. The van der Waals surface area contributed by atoms with Crippen molar-refractivity contribution >= 4 is 53.7 Å².